The molecule has 0 radical (unpaired) electrons. The molecule has 2 N–H and O–H groups in total. The molecule has 1 atom stereocenters. The summed E-state index contributed by atoms with van der Waals surface area (Å²) in [7, 11) is 4.04. The molecule has 2 aromatic carbocycles. The van der Waals surface area contributed by atoms with Gasteiger partial charge in [-0.3, -0.25) is 25.3 Å². The maximum absolute atomic E-state index is 12.3. The zero-order chi connectivity index (χ0) is 22.9. The molecule has 0 unspecified atom stereocenters. The fraction of sp³-hybridized carbons (Fsp3) is 0.304. The van der Waals surface area contributed by atoms with Gasteiger partial charge in [0.1, 0.15) is 0 Å². The SMILES string of the molecule is CC[C@@H](c1nnc(SCC(=O)NNC(=O)c2ccccc2)n1Cc1ccccc1)N(C)C. The molecule has 168 valence electrons. The van der Waals surface area contributed by atoms with Gasteiger partial charge in [-0.2, -0.15) is 0 Å². The van der Waals surface area contributed by atoms with E-state index in [-0.39, 0.29) is 23.6 Å². The molecule has 9 heteroatoms. The normalized spacial score (nSPS) is 11.9. The van der Waals surface area contributed by atoms with Crippen molar-refractivity contribution >= 4 is 23.6 Å². The van der Waals surface area contributed by atoms with Crippen molar-refractivity contribution in [2.24, 2.45) is 0 Å². The topological polar surface area (TPSA) is 92.1 Å². The molecule has 0 fully saturated rings. The van der Waals surface area contributed by atoms with Crippen LogP contribution in [0.1, 0.15) is 41.1 Å². The van der Waals surface area contributed by atoms with Crippen molar-refractivity contribution in [2.45, 2.75) is 31.1 Å². The predicted molar refractivity (Wildman–Crippen MR) is 125 cm³/mol. The van der Waals surface area contributed by atoms with Crippen molar-refractivity contribution in [2.75, 3.05) is 19.8 Å². The van der Waals surface area contributed by atoms with Crippen molar-refractivity contribution < 1.29 is 9.59 Å². The lowest BCUT2D eigenvalue weighted by molar-refractivity contribution is -0.119. The van der Waals surface area contributed by atoms with Crippen LogP contribution in [-0.4, -0.2) is 51.3 Å². The molecule has 3 aromatic rings. The van der Waals surface area contributed by atoms with Crippen LogP contribution in [0.3, 0.4) is 0 Å². The first-order chi connectivity index (χ1) is 15.5. The second kappa shape index (κ2) is 11.4. The smallest absolute Gasteiger partial charge is 0.269 e. The van der Waals surface area contributed by atoms with E-state index >= 15 is 0 Å². The monoisotopic (exact) mass is 452 g/mol. The molecule has 0 aliphatic rings. The highest BCUT2D eigenvalue weighted by molar-refractivity contribution is 7.99. The third-order valence-corrected chi connectivity index (χ3v) is 5.89. The number of aromatic nitrogens is 3. The average Bonchev–Trinajstić information content (AvgIpc) is 3.19. The van der Waals surface area contributed by atoms with Crippen LogP contribution in [-0.2, 0) is 11.3 Å². The van der Waals surface area contributed by atoms with Crippen LogP contribution in [0.25, 0.3) is 0 Å². The minimum absolute atomic E-state index is 0.0980. The van der Waals surface area contributed by atoms with Crippen LogP contribution < -0.4 is 10.9 Å². The van der Waals surface area contributed by atoms with Crippen molar-refractivity contribution in [3.8, 4) is 0 Å². The highest BCUT2D eigenvalue weighted by Gasteiger charge is 2.22. The number of carbonyl (C=O) groups excluding carboxylic acids is 2. The quantitative estimate of drug-likeness (QED) is 0.383. The molecule has 0 aliphatic carbocycles. The lowest BCUT2D eigenvalue weighted by Crippen LogP contribution is -2.42. The fourth-order valence-electron chi connectivity index (χ4n) is 3.30. The predicted octanol–water partition coefficient (Wildman–Crippen LogP) is 2.89. The largest absolute Gasteiger partial charge is 0.300 e. The molecule has 0 aliphatic heterocycles. The molecule has 0 saturated heterocycles. The fourth-order valence-corrected chi connectivity index (χ4v) is 4.05. The molecule has 0 saturated carbocycles. The number of amides is 2. The summed E-state index contributed by atoms with van der Waals surface area (Å²) in [4.78, 5) is 26.5. The van der Waals surface area contributed by atoms with Gasteiger partial charge in [0.25, 0.3) is 5.91 Å². The minimum atomic E-state index is -0.366. The van der Waals surface area contributed by atoms with Crippen LogP contribution in [0.4, 0.5) is 0 Å². The third-order valence-electron chi connectivity index (χ3n) is 4.92. The number of thioether (sulfide) groups is 1. The van der Waals surface area contributed by atoms with Gasteiger partial charge in [0, 0.05) is 5.56 Å². The van der Waals surface area contributed by atoms with Gasteiger partial charge in [-0.1, -0.05) is 67.2 Å². The van der Waals surface area contributed by atoms with Gasteiger partial charge in [0.2, 0.25) is 5.91 Å². The number of hydrogen-bond acceptors (Lipinski definition) is 6. The van der Waals surface area contributed by atoms with E-state index in [9.17, 15) is 9.59 Å². The van der Waals surface area contributed by atoms with Crippen LogP contribution >= 0.6 is 11.8 Å². The summed E-state index contributed by atoms with van der Waals surface area (Å²) < 4.78 is 2.06. The summed E-state index contributed by atoms with van der Waals surface area (Å²) >= 11 is 1.29. The van der Waals surface area contributed by atoms with Gasteiger partial charge in [-0.05, 0) is 38.2 Å². The Morgan fingerprint density at radius 2 is 1.66 bits per heavy atom. The van der Waals surface area contributed by atoms with E-state index in [0.29, 0.717) is 17.3 Å². The van der Waals surface area contributed by atoms with E-state index in [1.165, 1.54) is 11.8 Å². The van der Waals surface area contributed by atoms with Crippen molar-refractivity contribution in [3.05, 3.63) is 77.6 Å². The molecular weight excluding hydrogens is 424 g/mol. The number of nitrogens with zero attached hydrogens (tertiary/aromatic N) is 4. The van der Waals surface area contributed by atoms with Gasteiger partial charge >= 0.3 is 0 Å². The van der Waals surface area contributed by atoms with Crippen molar-refractivity contribution in [1.29, 1.82) is 0 Å². The van der Waals surface area contributed by atoms with E-state index in [0.717, 1.165) is 17.8 Å². The molecule has 8 nitrogen and oxygen atoms in total. The Hall–Kier alpha value is -3.17. The van der Waals surface area contributed by atoms with Crippen LogP contribution in [0.15, 0.2) is 65.8 Å². The number of nitrogens with one attached hydrogen (secondary N) is 2. The molecule has 0 bridgehead atoms. The van der Waals surface area contributed by atoms with Gasteiger partial charge in [0.15, 0.2) is 11.0 Å². The lowest BCUT2D eigenvalue weighted by atomic mass is 10.2. The first-order valence-electron chi connectivity index (χ1n) is 10.4. The Balaban J connectivity index is 1.67. The number of benzene rings is 2. The lowest BCUT2D eigenvalue weighted by Gasteiger charge is -2.23. The second-order valence-corrected chi connectivity index (χ2v) is 8.40. The molecule has 32 heavy (non-hydrogen) atoms. The number of hydrogen-bond donors (Lipinski definition) is 2. The van der Waals surface area contributed by atoms with Crippen molar-refractivity contribution in [3.63, 3.8) is 0 Å². The summed E-state index contributed by atoms with van der Waals surface area (Å²) in [6.45, 7) is 2.73. The Bertz CT molecular complexity index is 1020. The van der Waals surface area contributed by atoms with Crippen molar-refractivity contribution in [1.82, 2.24) is 30.5 Å². The molecule has 1 aromatic heterocycles. The maximum atomic E-state index is 12.3. The van der Waals surface area contributed by atoms with Gasteiger partial charge < -0.3 is 4.57 Å². The van der Waals surface area contributed by atoms with E-state index < -0.39 is 0 Å². The van der Waals surface area contributed by atoms with Crippen LogP contribution in [0.5, 0.6) is 0 Å². The standard InChI is InChI=1S/C23H28N6O2S/c1-4-19(28(2)3)21-25-27-23(29(21)15-17-11-7-5-8-12-17)32-16-20(30)24-26-22(31)18-13-9-6-10-14-18/h5-14,19H,4,15-16H2,1-3H3,(H,24,30)(H,26,31)/t19-/m0/s1. The van der Waals surface area contributed by atoms with E-state index in [1.54, 1.807) is 24.3 Å². The Kier molecular flexibility index (Phi) is 8.41. The molecule has 3 rings (SSSR count). The van der Waals surface area contributed by atoms with Gasteiger partial charge in [-0.25, -0.2) is 0 Å². The van der Waals surface area contributed by atoms with Gasteiger partial charge in [-0.15, -0.1) is 10.2 Å². The average molecular weight is 453 g/mol. The Morgan fingerprint density at radius 1 is 1.00 bits per heavy atom. The Labute approximate surface area is 192 Å². The molecule has 2 amide bonds. The zero-order valence-electron chi connectivity index (χ0n) is 18.5. The second-order valence-electron chi connectivity index (χ2n) is 7.46. The summed E-state index contributed by atoms with van der Waals surface area (Å²) in [6.07, 6.45) is 0.886. The number of hydrazine groups is 1. The van der Waals surface area contributed by atoms with E-state index in [1.807, 2.05) is 38.4 Å². The number of rotatable bonds is 9. The molecule has 1 heterocycles. The first kappa shape index (κ1) is 23.5. The van der Waals surface area contributed by atoms with E-state index in [2.05, 4.69) is 49.6 Å². The third kappa shape index (κ3) is 6.18. The Morgan fingerprint density at radius 3 is 2.28 bits per heavy atom. The summed E-state index contributed by atoms with van der Waals surface area (Å²) in [5.74, 6) is 0.271. The van der Waals surface area contributed by atoms with Crippen LogP contribution in [0.2, 0.25) is 0 Å². The molecule has 0 spiro atoms. The maximum Gasteiger partial charge on any atom is 0.269 e. The summed E-state index contributed by atoms with van der Waals surface area (Å²) in [5, 5.41) is 9.47. The number of carbonyl (C=O) groups is 2. The minimum Gasteiger partial charge on any atom is -0.300 e. The van der Waals surface area contributed by atoms with Gasteiger partial charge in [0.05, 0.1) is 18.3 Å². The highest BCUT2D eigenvalue weighted by atomic mass is 32.2. The first-order valence-corrected chi connectivity index (χ1v) is 11.4. The van der Waals surface area contributed by atoms with Crippen LogP contribution in [0, 0.1) is 0 Å². The van der Waals surface area contributed by atoms with E-state index in [4.69, 9.17) is 0 Å². The molecular formula is C23H28N6O2S. The highest BCUT2D eigenvalue weighted by Crippen LogP contribution is 2.26. The zero-order valence-corrected chi connectivity index (χ0v) is 19.3. The summed E-state index contributed by atoms with van der Waals surface area (Å²) in [6, 6.07) is 18.9. The summed E-state index contributed by atoms with van der Waals surface area (Å²) in [5.41, 5.74) is 6.49.